The van der Waals surface area contributed by atoms with E-state index >= 15 is 0 Å². The van der Waals surface area contributed by atoms with E-state index in [4.69, 9.17) is 0 Å². The van der Waals surface area contributed by atoms with Gasteiger partial charge in [0.15, 0.2) is 0 Å². The molecule has 1 aliphatic heterocycles. The molecule has 0 aromatic carbocycles. The number of nitrogens with zero attached hydrogens (tertiary/aromatic N) is 2. The van der Waals surface area contributed by atoms with Crippen LogP contribution < -0.4 is 5.32 Å². The predicted octanol–water partition coefficient (Wildman–Crippen LogP) is 1.11. The van der Waals surface area contributed by atoms with Gasteiger partial charge in [-0.25, -0.2) is 4.39 Å². The Hall–Kier alpha value is -0.910. The summed E-state index contributed by atoms with van der Waals surface area (Å²) in [6.07, 6.45) is 2.47. The van der Waals surface area contributed by atoms with Crippen molar-refractivity contribution in [2.24, 2.45) is 0 Å². The van der Waals surface area contributed by atoms with Gasteiger partial charge in [0.2, 0.25) is 0 Å². The highest BCUT2D eigenvalue weighted by molar-refractivity contribution is 5.94. The molecular weight excluding hydrogens is 268 g/mol. The van der Waals surface area contributed by atoms with Gasteiger partial charge >= 0.3 is 0 Å². The van der Waals surface area contributed by atoms with E-state index in [2.05, 4.69) is 10.3 Å². The van der Waals surface area contributed by atoms with Crippen LogP contribution in [0.4, 0.5) is 4.39 Å². The molecule has 2 rings (SSSR count). The van der Waals surface area contributed by atoms with E-state index < -0.39 is 5.82 Å². The number of rotatable bonds is 2. The normalized spacial score (nSPS) is 14.0. The summed E-state index contributed by atoms with van der Waals surface area (Å²) < 4.78 is 12.8. The third-order valence-electron chi connectivity index (χ3n) is 2.58. The topological polar surface area (TPSA) is 45.2 Å². The number of likely N-dealkylation sites (N-methyl/N-ethyl adjacent to an activating group) is 1. The number of halogens is 3. The molecule has 4 nitrogen and oxygen atoms in total. The van der Waals surface area contributed by atoms with Crippen LogP contribution in [0.3, 0.4) is 0 Å². The second-order valence-corrected chi connectivity index (χ2v) is 3.62. The second kappa shape index (κ2) is 6.74. The number of amides is 1. The molecule has 1 N–H and O–H groups in total. The van der Waals surface area contributed by atoms with E-state index in [0.717, 1.165) is 19.3 Å². The van der Waals surface area contributed by atoms with Gasteiger partial charge in [-0.3, -0.25) is 9.78 Å². The fraction of sp³-hybridized carbons (Fsp3) is 0.400. The summed E-state index contributed by atoms with van der Waals surface area (Å²) in [5, 5.41) is 3.08. The van der Waals surface area contributed by atoms with Crippen molar-refractivity contribution in [1.29, 1.82) is 0 Å². The number of nitrogens with one attached hydrogen (secondary N) is 1. The number of carbonyl (C=O) groups excluding carboxylic acids is 1. The molecule has 0 atom stereocenters. The van der Waals surface area contributed by atoms with Crippen LogP contribution >= 0.6 is 24.8 Å². The van der Waals surface area contributed by atoms with Gasteiger partial charge in [0.05, 0.1) is 17.8 Å². The van der Waals surface area contributed by atoms with Crippen LogP contribution in [0.2, 0.25) is 0 Å². The third kappa shape index (κ3) is 3.52. The van der Waals surface area contributed by atoms with Crippen molar-refractivity contribution in [1.82, 2.24) is 15.2 Å². The largest absolute Gasteiger partial charge is 0.336 e. The summed E-state index contributed by atoms with van der Waals surface area (Å²) >= 11 is 0. The molecule has 7 heteroatoms. The molecule has 2 heterocycles. The Balaban J connectivity index is 0.00000128. The van der Waals surface area contributed by atoms with Crippen LogP contribution in [0.25, 0.3) is 0 Å². The first-order chi connectivity index (χ1) is 7.18. The fourth-order valence-corrected chi connectivity index (χ4v) is 1.45. The van der Waals surface area contributed by atoms with Crippen molar-refractivity contribution in [3.05, 3.63) is 29.8 Å². The van der Waals surface area contributed by atoms with E-state index in [-0.39, 0.29) is 36.8 Å². The zero-order chi connectivity index (χ0) is 10.8. The van der Waals surface area contributed by atoms with Crippen LogP contribution in [0, 0.1) is 5.82 Å². The molecule has 0 spiro atoms. The average Bonchev–Trinajstić information content (AvgIpc) is 2.14. The van der Waals surface area contributed by atoms with Gasteiger partial charge in [-0.15, -0.1) is 24.8 Å². The lowest BCUT2D eigenvalue weighted by Gasteiger charge is -2.35. The molecule has 1 aliphatic rings. The molecule has 1 aromatic heterocycles. The van der Waals surface area contributed by atoms with E-state index in [0.29, 0.717) is 5.56 Å². The molecule has 96 valence electrons. The van der Waals surface area contributed by atoms with Crippen molar-refractivity contribution in [3.8, 4) is 0 Å². The first-order valence-corrected chi connectivity index (χ1v) is 4.77. The molecule has 0 bridgehead atoms. The zero-order valence-electron chi connectivity index (χ0n) is 9.22. The van der Waals surface area contributed by atoms with Crippen molar-refractivity contribution in [2.75, 3.05) is 20.1 Å². The van der Waals surface area contributed by atoms with Gasteiger partial charge < -0.3 is 10.2 Å². The maximum Gasteiger partial charge on any atom is 0.255 e. The van der Waals surface area contributed by atoms with Crippen LogP contribution in [-0.2, 0) is 0 Å². The molecule has 0 saturated carbocycles. The lowest BCUT2D eigenvalue weighted by atomic mass is 10.1. The van der Waals surface area contributed by atoms with Crippen molar-refractivity contribution in [3.63, 3.8) is 0 Å². The Morgan fingerprint density at radius 1 is 1.47 bits per heavy atom. The van der Waals surface area contributed by atoms with Crippen LogP contribution in [-0.4, -0.2) is 42.0 Å². The molecular formula is C10H14Cl2FN3O. The first-order valence-electron chi connectivity index (χ1n) is 4.77. The Morgan fingerprint density at radius 3 is 2.59 bits per heavy atom. The number of pyridine rings is 1. The van der Waals surface area contributed by atoms with E-state index in [1.165, 1.54) is 12.3 Å². The maximum atomic E-state index is 12.8. The summed E-state index contributed by atoms with van der Waals surface area (Å²) in [5.41, 5.74) is 0.296. The second-order valence-electron chi connectivity index (χ2n) is 3.62. The summed E-state index contributed by atoms with van der Waals surface area (Å²) in [5.74, 6) is -0.672. The average molecular weight is 282 g/mol. The highest BCUT2D eigenvalue weighted by Gasteiger charge is 2.26. The van der Waals surface area contributed by atoms with Gasteiger partial charge in [-0.2, -0.15) is 0 Å². The Labute approximate surface area is 111 Å². The van der Waals surface area contributed by atoms with Crippen LogP contribution in [0.5, 0.6) is 0 Å². The Bertz CT molecular complexity index is 388. The Morgan fingerprint density at radius 2 is 2.12 bits per heavy atom. The SMILES string of the molecule is CN(C(=O)c1cncc(F)c1)C1CNC1.Cl.Cl. The first kappa shape index (κ1) is 16.1. The summed E-state index contributed by atoms with van der Waals surface area (Å²) in [6.45, 7) is 1.59. The zero-order valence-corrected chi connectivity index (χ0v) is 10.9. The number of hydrogen-bond acceptors (Lipinski definition) is 3. The highest BCUT2D eigenvalue weighted by Crippen LogP contribution is 2.09. The van der Waals surface area contributed by atoms with E-state index in [1.54, 1.807) is 11.9 Å². The lowest BCUT2D eigenvalue weighted by Crippen LogP contribution is -2.57. The highest BCUT2D eigenvalue weighted by atomic mass is 35.5. The third-order valence-corrected chi connectivity index (χ3v) is 2.58. The van der Waals surface area contributed by atoms with E-state index in [9.17, 15) is 9.18 Å². The number of carbonyl (C=O) groups is 1. The minimum atomic E-state index is -0.485. The molecule has 1 aromatic rings. The molecule has 0 radical (unpaired) electrons. The van der Waals surface area contributed by atoms with Gasteiger partial charge in [0.25, 0.3) is 5.91 Å². The summed E-state index contributed by atoms with van der Waals surface area (Å²) in [6, 6.07) is 1.42. The van der Waals surface area contributed by atoms with E-state index in [1.807, 2.05) is 0 Å². The van der Waals surface area contributed by atoms with Crippen molar-refractivity contribution in [2.45, 2.75) is 6.04 Å². The molecule has 1 fully saturated rings. The summed E-state index contributed by atoms with van der Waals surface area (Å²) in [7, 11) is 1.72. The quantitative estimate of drug-likeness (QED) is 0.883. The van der Waals surface area contributed by atoms with Gasteiger partial charge in [0.1, 0.15) is 5.82 Å². The standard InChI is InChI=1S/C10H12FN3O.2ClH/c1-14(9-5-13-6-9)10(15)7-2-8(11)4-12-3-7;;/h2-4,9,13H,5-6H2,1H3;2*1H. The van der Waals surface area contributed by atoms with Gasteiger partial charge in [-0.1, -0.05) is 0 Å². The monoisotopic (exact) mass is 281 g/mol. The smallest absolute Gasteiger partial charge is 0.255 e. The Kier molecular flexibility index (Phi) is 6.37. The summed E-state index contributed by atoms with van der Waals surface area (Å²) in [4.78, 5) is 17.1. The molecule has 1 saturated heterocycles. The van der Waals surface area contributed by atoms with Crippen molar-refractivity contribution >= 4 is 30.7 Å². The lowest BCUT2D eigenvalue weighted by molar-refractivity contribution is 0.0680. The fourth-order valence-electron chi connectivity index (χ4n) is 1.45. The predicted molar refractivity (Wildman–Crippen MR) is 67.4 cm³/mol. The van der Waals surface area contributed by atoms with Crippen LogP contribution in [0.1, 0.15) is 10.4 Å². The molecule has 0 aliphatic carbocycles. The minimum Gasteiger partial charge on any atom is -0.336 e. The molecule has 1 amide bonds. The number of aromatic nitrogens is 1. The maximum absolute atomic E-state index is 12.8. The van der Waals surface area contributed by atoms with Gasteiger partial charge in [0, 0.05) is 26.3 Å². The van der Waals surface area contributed by atoms with Crippen molar-refractivity contribution < 1.29 is 9.18 Å². The van der Waals surface area contributed by atoms with Crippen LogP contribution in [0.15, 0.2) is 18.5 Å². The molecule has 17 heavy (non-hydrogen) atoms. The molecule has 0 unspecified atom stereocenters. The minimum absolute atomic E-state index is 0. The number of hydrogen-bond donors (Lipinski definition) is 1. The van der Waals surface area contributed by atoms with Gasteiger partial charge in [-0.05, 0) is 6.07 Å².